The van der Waals surface area contributed by atoms with E-state index in [2.05, 4.69) is 0 Å². The number of halogens is 2. The Balaban J connectivity index is 2.54. The summed E-state index contributed by atoms with van der Waals surface area (Å²) >= 11 is 11.4. The van der Waals surface area contributed by atoms with Crippen molar-refractivity contribution in [1.82, 2.24) is 0 Å². The SMILES string of the molecule is CC(C)=CC(=O)C1CC1(Cl)Cl. The minimum Gasteiger partial charge on any atom is -0.294 e. The normalized spacial score (nSPS) is 26.0. The van der Waals surface area contributed by atoms with Crippen LogP contribution in [0.5, 0.6) is 0 Å². The van der Waals surface area contributed by atoms with Crippen molar-refractivity contribution < 1.29 is 4.79 Å². The Morgan fingerprint density at radius 3 is 2.27 bits per heavy atom. The van der Waals surface area contributed by atoms with E-state index in [0.29, 0.717) is 6.42 Å². The maximum atomic E-state index is 11.2. The van der Waals surface area contributed by atoms with Gasteiger partial charge in [0.25, 0.3) is 0 Å². The van der Waals surface area contributed by atoms with Crippen molar-refractivity contribution in [2.75, 3.05) is 0 Å². The highest BCUT2D eigenvalue weighted by Crippen LogP contribution is 2.53. The summed E-state index contributed by atoms with van der Waals surface area (Å²) in [5.41, 5.74) is 0.992. The second-order valence-electron chi connectivity index (χ2n) is 3.14. The third-order valence-electron chi connectivity index (χ3n) is 1.60. The molecule has 0 spiro atoms. The van der Waals surface area contributed by atoms with Gasteiger partial charge in [-0.05, 0) is 26.3 Å². The van der Waals surface area contributed by atoms with Crippen LogP contribution in [0.4, 0.5) is 0 Å². The van der Waals surface area contributed by atoms with Crippen molar-refractivity contribution in [2.45, 2.75) is 24.6 Å². The number of hydrogen-bond donors (Lipinski definition) is 0. The summed E-state index contributed by atoms with van der Waals surface area (Å²) in [6.45, 7) is 3.76. The van der Waals surface area contributed by atoms with Gasteiger partial charge in [-0.1, -0.05) is 5.57 Å². The van der Waals surface area contributed by atoms with Crippen LogP contribution in [0, 0.1) is 5.92 Å². The first-order chi connectivity index (χ1) is 4.93. The Labute approximate surface area is 76.4 Å². The largest absolute Gasteiger partial charge is 0.294 e. The second-order valence-corrected chi connectivity index (χ2v) is 4.68. The van der Waals surface area contributed by atoms with Gasteiger partial charge < -0.3 is 0 Å². The number of carbonyl (C=O) groups excluding carboxylic acids is 1. The number of hydrogen-bond acceptors (Lipinski definition) is 1. The van der Waals surface area contributed by atoms with E-state index in [-0.39, 0.29) is 11.7 Å². The van der Waals surface area contributed by atoms with Gasteiger partial charge in [0.1, 0.15) is 4.33 Å². The van der Waals surface area contributed by atoms with Crippen LogP contribution in [0.1, 0.15) is 20.3 Å². The van der Waals surface area contributed by atoms with Crippen molar-refractivity contribution in [3.05, 3.63) is 11.6 Å². The van der Waals surface area contributed by atoms with Crippen molar-refractivity contribution >= 4 is 29.0 Å². The van der Waals surface area contributed by atoms with Gasteiger partial charge in [0, 0.05) is 0 Å². The smallest absolute Gasteiger partial charge is 0.161 e. The molecule has 0 aromatic carbocycles. The van der Waals surface area contributed by atoms with E-state index in [1.807, 2.05) is 13.8 Å². The minimum atomic E-state index is -0.775. The monoisotopic (exact) mass is 192 g/mol. The molecule has 1 unspecified atom stereocenters. The Hall–Kier alpha value is -0.0100. The first kappa shape index (κ1) is 9.08. The fourth-order valence-corrected chi connectivity index (χ4v) is 1.43. The molecular weight excluding hydrogens is 183 g/mol. The topological polar surface area (TPSA) is 17.1 Å². The quantitative estimate of drug-likeness (QED) is 0.486. The molecule has 0 heterocycles. The molecule has 1 aliphatic carbocycles. The molecule has 0 aromatic heterocycles. The van der Waals surface area contributed by atoms with Crippen LogP contribution in [0.15, 0.2) is 11.6 Å². The summed E-state index contributed by atoms with van der Waals surface area (Å²) < 4.78 is -0.775. The maximum Gasteiger partial charge on any atom is 0.161 e. The first-order valence-electron chi connectivity index (χ1n) is 3.50. The number of ketones is 1. The summed E-state index contributed by atoms with van der Waals surface area (Å²) in [4.78, 5) is 11.2. The van der Waals surface area contributed by atoms with Crippen LogP contribution < -0.4 is 0 Å². The molecular formula is C8H10Cl2O. The predicted octanol–water partition coefficient (Wildman–Crippen LogP) is 2.72. The zero-order valence-electron chi connectivity index (χ0n) is 6.53. The van der Waals surface area contributed by atoms with Gasteiger partial charge in [0.15, 0.2) is 5.78 Å². The molecule has 0 amide bonds. The van der Waals surface area contributed by atoms with Gasteiger partial charge >= 0.3 is 0 Å². The van der Waals surface area contributed by atoms with E-state index in [9.17, 15) is 4.79 Å². The zero-order valence-corrected chi connectivity index (χ0v) is 8.04. The van der Waals surface area contributed by atoms with Crippen LogP contribution in [0.25, 0.3) is 0 Å². The third-order valence-corrected chi connectivity index (χ3v) is 2.44. The molecule has 62 valence electrons. The Morgan fingerprint density at radius 2 is 2.00 bits per heavy atom. The number of alkyl halides is 2. The lowest BCUT2D eigenvalue weighted by atomic mass is 10.2. The lowest BCUT2D eigenvalue weighted by molar-refractivity contribution is -0.115. The zero-order chi connectivity index (χ0) is 8.65. The first-order valence-corrected chi connectivity index (χ1v) is 4.25. The lowest BCUT2D eigenvalue weighted by Crippen LogP contribution is -2.02. The lowest BCUT2D eigenvalue weighted by Gasteiger charge is -1.94. The van der Waals surface area contributed by atoms with E-state index < -0.39 is 4.33 Å². The molecule has 0 aromatic rings. The van der Waals surface area contributed by atoms with Crippen LogP contribution >= 0.6 is 23.2 Å². The highest BCUT2D eigenvalue weighted by molar-refractivity contribution is 6.52. The maximum absolute atomic E-state index is 11.2. The Morgan fingerprint density at radius 1 is 1.55 bits per heavy atom. The van der Waals surface area contributed by atoms with Crippen LogP contribution in [0.2, 0.25) is 0 Å². The van der Waals surface area contributed by atoms with E-state index in [1.54, 1.807) is 6.08 Å². The molecule has 1 fully saturated rings. The van der Waals surface area contributed by atoms with E-state index in [1.165, 1.54) is 0 Å². The van der Waals surface area contributed by atoms with Gasteiger partial charge in [0.05, 0.1) is 5.92 Å². The molecule has 1 saturated carbocycles. The Kier molecular flexibility index (Phi) is 2.31. The minimum absolute atomic E-state index is 0.0509. The van der Waals surface area contributed by atoms with Crippen LogP contribution in [0.3, 0.4) is 0 Å². The highest BCUT2D eigenvalue weighted by atomic mass is 35.5. The molecule has 0 N–H and O–H groups in total. The fourth-order valence-electron chi connectivity index (χ4n) is 0.907. The van der Waals surface area contributed by atoms with Crippen molar-refractivity contribution in [2.24, 2.45) is 5.92 Å². The molecule has 0 radical (unpaired) electrons. The molecule has 1 nitrogen and oxygen atoms in total. The summed E-state index contributed by atoms with van der Waals surface area (Å²) in [7, 11) is 0. The summed E-state index contributed by atoms with van der Waals surface area (Å²) in [5, 5.41) is 0. The molecule has 1 aliphatic rings. The van der Waals surface area contributed by atoms with Gasteiger partial charge in [-0.25, -0.2) is 0 Å². The molecule has 1 atom stereocenters. The summed E-state index contributed by atoms with van der Waals surface area (Å²) in [5.74, 6) is -0.115. The van der Waals surface area contributed by atoms with Crippen molar-refractivity contribution in [3.8, 4) is 0 Å². The highest BCUT2D eigenvalue weighted by Gasteiger charge is 2.55. The Bertz CT molecular complexity index is 214. The standard InChI is InChI=1S/C8H10Cl2O/c1-5(2)3-7(11)6-4-8(6,9)10/h3,6H,4H2,1-2H3. The summed E-state index contributed by atoms with van der Waals surface area (Å²) in [6.07, 6.45) is 2.19. The van der Waals surface area contributed by atoms with E-state index >= 15 is 0 Å². The molecule has 1 rings (SSSR count). The third kappa shape index (κ3) is 2.21. The van der Waals surface area contributed by atoms with Crippen LogP contribution in [-0.4, -0.2) is 10.1 Å². The number of rotatable bonds is 2. The van der Waals surface area contributed by atoms with Gasteiger partial charge in [0.2, 0.25) is 0 Å². The van der Waals surface area contributed by atoms with Gasteiger partial charge in [-0.15, -0.1) is 23.2 Å². The van der Waals surface area contributed by atoms with Gasteiger partial charge in [-0.3, -0.25) is 4.79 Å². The molecule has 0 aliphatic heterocycles. The molecule has 3 heteroatoms. The average molecular weight is 193 g/mol. The summed E-state index contributed by atoms with van der Waals surface area (Å²) in [6, 6.07) is 0. The van der Waals surface area contributed by atoms with Crippen molar-refractivity contribution in [1.29, 1.82) is 0 Å². The van der Waals surface area contributed by atoms with Gasteiger partial charge in [-0.2, -0.15) is 0 Å². The predicted molar refractivity (Wildman–Crippen MR) is 47.0 cm³/mol. The number of carbonyl (C=O) groups is 1. The second kappa shape index (κ2) is 2.80. The average Bonchev–Trinajstić information content (AvgIpc) is 2.38. The van der Waals surface area contributed by atoms with E-state index in [4.69, 9.17) is 23.2 Å². The molecule has 11 heavy (non-hydrogen) atoms. The van der Waals surface area contributed by atoms with Crippen molar-refractivity contribution in [3.63, 3.8) is 0 Å². The van der Waals surface area contributed by atoms with Crippen LogP contribution in [-0.2, 0) is 4.79 Å². The molecule has 0 bridgehead atoms. The van der Waals surface area contributed by atoms with E-state index in [0.717, 1.165) is 5.57 Å². The fraction of sp³-hybridized carbons (Fsp3) is 0.625. The number of allylic oxidation sites excluding steroid dienone is 2. The molecule has 0 saturated heterocycles.